The van der Waals surface area contributed by atoms with Crippen molar-refractivity contribution in [2.24, 2.45) is 4.99 Å². The van der Waals surface area contributed by atoms with Crippen LogP contribution in [-0.2, 0) is 0 Å². The van der Waals surface area contributed by atoms with Gasteiger partial charge in [-0.2, -0.15) is 0 Å². The number of aryl methyl sites for hydroxylation is 1. The van der Waals surface area contributed by atoms with Crippen molar-refractivity contribution >= 4 is 29.9 Å². The second-order valence-electron chi connectivity index (χ2n) is 7.46. The van der Waals surface area contributed by atoms with Crippen LogP contribution in [0.2, 0.25) is 0 Å². The summed E-state index contributed by atoms with van der Waals surface area (Å²) < 4.78 is 0. The highest BCUT2D eigenvalue weighted by molar-refractivity contribution is 14.0. The summed E-state index contributed by atoms with van der Waals surface area (Å²) >= 11 is 0. The highest BCUT2D eigenvalue weighted by Gasteiger charge is 2.11. The van der Waals surface area contributed by atoms with Gasteiger partial charge in [0.1, 0.15) is 0 Å². The third-order valence-corrected chi connectivity index (χ3v) is 5.05. The van der Waals surface area contributed by atoms with Crippen LogP contribution in [0.5, 0.6) is 0 Å². The molecule has 0 spiro atoms. The van der Waals surface area contributed by atoms with E-state index < -0.39 is 0 Å². The fraction of sp³-hybridized carbons (Fsp3) is 0.667. The Hall–Kier alpha value is -0.860. The number of halogens is 1. The van der Waals surface area contributed by atoms with E-state index in [2.05, 4.69) is 72.5 Å². The minimum absolute atomic E-state index is 0. The summed E-state index contributed by atoms with van der Waals surface area (Å²) in [5.41, 5.74) is 2.66. The van der Waals surface area contributed by atoms with Crippen LogP contribution in [0.3, 0.4) is 0 Å². The molecule has 1 saturated heterocycles. The normalized spacial score (nSPS) is 17.7. The van der Waals surface area contributed by atoms with E-state index >= 15 is 0 Å². The Labute approximate surface area is 183 Å². The van der Waals surface area contributed by atoms with Crippen LogP contribution in [0, 0.1) is 6.92 Å². The molecule has 0 radical (unpaired) electrons. The van der Waals surface area contributed by atoms with Gasteiger partial charge in [0.25, 0.3) is 0 Å². The Balaban J connectivity index is 0.00000364. The van der Waals surface area contributed by atoms with Gasteiger partial charge in [-0.05, 0) is 46.0 Å². The number of hydrogen-bond donors (Lipinski definition) is 2. The van der Waals surface area contributed by atoms with Crippen LogP contribution < -0.4 is 10.6 Å². The first-order valence-electron chi connectivity index (χ1n) is 10.1. The number of rotatable bonds is 7. The van der Waals surface area contributed by atoms with E-state index in [9.17, 15) is 0 Å². The van der Waals surface area contributed by atoms with Crippen molar-refractivity contribution in [1.82, 2.24) is 20.4 Å². The molecule has 154 valence electrons. The largest absolute Gasteiger partial charge is 0.357 e. The highest BCUT2D eigenvalue weighted by atomic mass is 127. The summed E-state index contributed by atoms with van der Waals surface area (Å²) in [6, 6.07) is 8.79. The van der Waals surface area contributed by atoms with Gasteiger partial charge in [0.2, 0.25) is 0 Å². The van der Waals surface area contributed by atoms with Crippen molar-refractivity contribution in [3.8, 4) is 0 Å². The molecule has 0 amide bonds. The van der Waals surface area contributed by atoms with Crippen molar-refractivity contribution in [3.63, 3.8) is 0 Å². The lowest BCUT2D eigenvalue weighted by Crippen LogP contribution is -2.42. The smallest absolute Gasteiger partial charge is 0.191 e. The van der Waals surface area contributed by atoms with Gasteiger partial charge in [0.05, 0.1) is 0 Å². The van der Waals surface area contributed by atoms with E-state index in [0.717, 1.165) is 38.7 Å². The zero-order valence-electron chi connectivity index (χ0n) is 17.5. The maximum atomic E-state index is 4.79. The Kier molecular flexibility index (Phi) is 11.9. The monoisotopic (exact) mass is 487 g/mol. The van der Waals surface area contributed by atoms with Crippen molar-refractivity contribution in [3.05, 3.63) is 35.4 Å². The summed E-state index contributed by atoms with van der Waals surface area (Å²) in [5, 5.41) is 6.87. The predicted molar refractivity (Wildman–Crippen MR) is 128 cm³/mol. The quantitative estimate of drug-likeness (QED) is 0.353. The van der Waals surface area contributed by atoms with Gasteiger partial charge in [-0.3, -0.25) is 4.99 Å². The van der Waals surface area contributed by atoms with Gasteiger partial charge < -0.3 is 20.4 Å². The number of nitrogens with one attached hydrogen (secondary N) is 2. The highest BCUT2D eigenvalue weighted by Crippen LogP contribution is 2.15. The van der Waals surface area contributed by atoms with E-state index in [4.69, 9.17) is 4.99 Å². The zero-order valence-corrected chi connectivity index (χ0v) is 19.8. The zero-order chi connectivity index (χ0) is 18.8. The van der Waals surface area contributed by atoms with E-state index in [1.807, 2.05) is 0 Å². The molecule has 1 aromatic carbocycles. The van der Waals surface area contributed by atoms with E-state index in [-0.39, 0.29) is 24.0 Å². The third-order valence-electron chi connectivity index (χ3n) is 5.05. The second-order valence-corrected chi connectivity index (χ2v) is 7.46. The van der Waals surface area contributed by atoms with Gasteiger partial charge in [-0.1, -0.05) is 36.8 Å². The van der Waals surface area contributed by atoms with Crippen molar-refractivity contribution in [1.29, 1.82) is 0 Å². The fourth-order valence-electron chi connectivity index (χ4n) is 3.23. The molecular weight excluding hydrogens is 449 g/mol. The van der Waals surface area contributed by atoms with Crippen LogP contribution in [0.1, 0.15) is 37.3 Å². The van der Waals surface area contributed by atoms with Crippen molar-refractivity contribution < 1.29 is 0 Å². The molecule has 0 aromatic heterocycles. The lowest BCUT2D eigenvalue weighted by Gasteiger charge is -2.21. The first-order chi connectivity index (χ1) is 12.6. The number of guanidine groups is 1. The first kappa shape index (κ1) is 24.2. The van der Waals surface area contributed by atoms with Crippen LogP contribution in [0.15, 0.2) is 29.3 Å². The third kappa shape index (κ3) is 9.25. The Bertz CT molecular complexity index is 546. The lowest BCUT2D eigenvalue weighted by atomic mass is 10.0. The fourth-order valence-corrected chi connectivity index (χ4v) is 3.23. The maximum absolute atomic E-state index is 4.79. The Morgan fingerprint density at radius 3 is 2.56 bits per heavy atom. The topological polar surface area (TPSA) is 42.9 Å². The first-order valence-corrected chi connectivity index (χ1v) is 10.1. The van der Waals surface area contributed by atoms with E-state index in [1.165, 1.54) is 37.2 Å². The molecule has 1 aliphatic rings. The van der Waals surface area contributed by atoms with Crippen LogP contribution in [-0.4, -0.2) is 75.2 Å². The molecule has 1 aliphatic heterocycles. The average molecular weight is 487 g/mol. The van der Waals surface area contributed by atoms with Gasteiger partial charge >= 0.3 is 0 Å². The molecular formula is C21H38IN5. The SMILES string of the molecule is CCNC(=NCC(C)c1ccc(C)cc1)NCCN1CCCN(C)CC1.I. The molecule has 1 unspecified atom stereocenters. The molecule has 5 nitrogen and oxygen atoms in total. The predicted octanol–water partition coefficient (Wildman–Crippen LogP) is 2.91. The summed E-state index contributed by atoms with van der Waals surface area (Å²) in [4.78, 5) is 9.77. The molecule has 2 N–H and O–H groups in total. The minimum atomic E-state index is 0. The second kappa shape index (κ2) is 13.3. The molecule has 27 heavy (non-hydrogen) atoms. The van der Waals surface area contributed by atoms with Crippen LogP contribution >= 0.6 is 24.0 Å². The van der Waals surface area contributed by atoms with Crippen LogP contribution in [0.4, 0.5) is 0 Å². The summed E-state index contributed by atoms with van der Waals surface area (Å²) in [5.74, 6) is 1.35. The summed E-state index contributed by atoms with van der Waals surface area (Å²) in [6.45, 7) is 14.9. The Morgan fingerprint density at radius 1 is 1.11 bits per heavy atom. The van der Waals surface area contributed by atoms with Gasteiger partial charge in [0, 0.05) is 45.2 Å². The van der Waals surface area contributed by atoms with Gasteiger partial charge in [-0.25, -0.2) is 0 Å². The molecule has 1 heterocycles. The maximum Gasteiger partial charge on any atom is 0.191 e. The standard InChI is InChI=1S/C21H37N5.HI/c1-5-22-21(23-11-14-26-13-6-12-25(4)15-16-26)24-17-19(3)20-9-7-18(2)8-10-20;/h7-10,19H,5-6,11-17H2,1-4H3,(H2,22,23,24);1H. The average Bonchev–Trinajstić information content (AvgIpc) is 2.84. The molecule has 1 aromatic rings. The van der Waals surface area contributed by atoms with Crippen molar-refractivity contribution in [2.75, 3.05) is 59.4 Å². The summed E-state index contributed by atoms with van der Waals surface area (Å²) in [6.07, 6.45) is 1.26. The molecule has 2 rings (SSSR count). The Morgan fingerprint density at radius 2 is 1.85 bits per heavy atom. The summed E-state index contributed by atoms with van der Waals surface area (Å²) in [7, 11) is 2.22. The molecule has 0 saturated carbocycles. The van der Waals surface area contributed by atoms with Gasteiger partial charge in [-0.15, -0.1) is 24.0 Å². The lowest BCUT2D eigenvalue weighted by molar-refractivity contribution is 0.280. The molecule has 0 bridgehead atoms. The van der Waals surface area contributed by atoms with Gasteiger partial charge in [0.15, 0.2) is 5.96 Å². The molecule has 1 atom stereocenters. The minimum Gasteiger partial charge on any atom is -0.357 e. The number of hydrogen-bond acceptors (Lipinski definition) is 3. The molecule has 0 aliphatic carbocycles. The number of nitrogens with zero attached hydrogens (tertiary/aromatic N) is 3. The van der Waals surface area contributed by atoms with E-state index in [0.29, 0.717) is 5.92 Å². The number of likely N-dealkylation sites (N-methyl/N-ethyl adjacent to an activating group) is 1. The number of benzene rings is 1. The van der Waals surface area contributed by atoms with Crippen LogP contribution in [0.25, 0.3) is 0 Å². The van der Waals surface area contributed by atoms with E-state index in [1.54, 1.807) is 0 Å². The molecule has 6 heteroatoms. The van der Waals surface area contributed by atoms with Crippen molar-refractivity contribution in [2.45, 2.75) is 33.1 Å². The molecule has 1 fully saturated rings. The number of aliphatic imine (C=N–C) groups is 1.